The molecule has 1 aromatic heterocycles. The molecule has 1 atom stereocenters. The highest BCUT2D eigenvalue weighted by Gasteiger charge is 2.20. The van der Waals surface area contributed by atoms with Crippen LogP contribution in [0, 0.1) is 0 Å². The summed E-state index contributed by atoms with van der Waals surface area (Å²) in [5.41, 5.74) is 6.55. The van der Waals surface area contributed by atoms with E-state index in [1.54, 1.807) is 6.07 Å². The second kappa shape index (κ2) is 3.94. The average molecular weight is 193 g/mol. The molecule has 1 aromatic rings. The van der Waals surface area contributed by atoms with E-state index in [1.807, 2.05) is 12.1 Å². The van der Waals surface area contributed by atoms with Crippen molar-refractivity contribution in [3.8, 4) is 0 Å². The lowest BCUT2D eigenvalue weighted by atomic mass is 10.3. The molecule has 1 saturated heterocycles. The standard InChI is InChI=1S/C10H15N3O/c11-10-3-1-2-8(12-10)6-13-5-4-9(14)7-13/h1-3,9,14H,4-7H2,(H2,11,12)/t9-/m0/s1. The Kier molecular flexibility index (Phi) is 2.65. The second-order valence-electron chi connectivity index (χ2n) is 3.73. The number of nitrogens with zero attached hydrogens (tertiary/aromatic N) is 2. The van der Waals surface area contributed by atoms with E-state index >= 15 is 0 Å². The molecule has 1 aliphatic rings. The molecule has 0 bridgehead atoms. The van der Waals surface area contributed by atoms with Crippen molar-refractivity contribution in [1.29, 1.82) is 0 Å². The molecule has 3 N–H and O–H groups in total. The molecule has 0 radical (unpaired) electrons. The summed E-state index contributed by atoms with van der Waals surface area (Å²) in [6, 6.07) is 5.65. The lowest BCUT2D eigenvalue weighted by molar-refractivity contribution is 0.174. The first-order valence-electron chi connectivity index (χ1n) is 4.86. The van der Waals surface area contributed by atoms with Crippen LogP contribution in [0.2, 0.25) is 0 Å². The maximum Gasteiger partial charge on any atom is 0.123 e. The van der Waals surface area contributed by atoms with Gasteiger partial charge in [-0.15, -0.1) is 0 Å². The third-order valence-corrected chi connectivity index (χ3v) is 2.46. The Morgan fingerprint density at radius 1 is 1.57 bits per heavy atom. The van der Waals surface area contributed by atoms with Gasteiger partial charge in [-0.1, -0.05) is 6.07 Å². The molecule has 0 aliphatic carbocycles. The van der Waals surface area contributed by atoms with Crippen LogP contribution in [0.3, 0.4) is 0 Å². The van der Waals surface area contributed by atoms with Gasteiger partial charge in [0.1, 0.15) is 5.82 Å². The number of aliphatic hydroxyl groups excluding tert-OH is 1. The minimum atomic E-state index is -0.170. The van der Waals surface area contributed by atoms with Crippen LogP contribution in [0.15, 0.2) is 18.2 Å². The van der Waals surface area contributed by atoms with Crippen molar-refractivity contribution in [3.63, 3.8) is 0 Å². The number of aliphatic hydroxyl groups is 1. The van der Waals surface area contributed by atoms with Crippen LogP contribution >= 0.6 is 0 Å². The lowest BCUT2D eigenvalue weighted by Crippen LogP contribution is -2.22. The zero-order chi connectivity index (χ0) is 9.97. The van der Waals surface area contributed by atoms with Gasteiger partial charge in [0.25, 0.3) is 0 Å². The zero-order valence-corrected chi connectivity index (χ0v) is 8.06. The Hall–Kier alpha value is -1.13. The molecule has 1 fully saturated rings. The van der Waals surface area contributed by atoms with Crippen LogP contribution in [-0.4, -0.2) is 34.2 Å². The molecule has 2 heterocycles. The minimum absolute atomic E-state index is 0.170. The highest BCUT2D eigenvalue weighted by Crippen LogP contribution is 2.12. The topological polar surface area (TPSA) is 62.4 Å². The fraction of sp³-hybridized carbons (Fsp3) is 0.500. The van der Waals surface area contributed by atoms with Gasteiger partial charge in [0, 0.05) is 19.6 Å². The number of β-amino-alcohol motifs (C(OH)–C–C–N with tert-alkyl or cyclic N) is 1. The highest BCUT2D eigenvalue weighted by atomic mass is 16.3. The van der Waals surface area contributed by atoms with E-state index in [1.165, 1.54) is 0 Å². The quantitative estimate of drug-likeness (QED) is 0.706. The molecule has 1 aliphatic heterocycles. The molecular formula is C10H15N3O. The first kappa shape index (κ1) is 9.43. The van der Waals surface area contributed by atoms with Crippen molar-refractivity contribution >= 4 is 5.82 Å². The summed E-state index contributed by atoms with van der Waals surface area (Å²) in [6.45, 7) is 2.47. The summed E-state index contributed by atoms with van der Waals surface area (Å²) in [6.07, 6.45) is 0.693. The Labute approximate surface area is 83.4 Å². The van der Waals surface area contributed by atoms with Gasteiger partial charge in [-0.05, 0) is 18.6 Å². The number of rotatable bonds is 2. The van der Waals surface area contributed by atoms with E-state index in [0.29, 0.717) is 5.82 Å². The monoisotopic (exact) mass is 193 g/mol. The van der Waals surface area contributed by atoms with Gasteiger partial charge < -0.3 is 10.8 Å². The number of aromatic nitrogens is 1. The minimum Gasteiger partial charge on any atom is -0.392 e. The summed E-state index contributed by atoms with van der Waals surface area (Å²) in [5, 5.41) is 9.35. The number of likely N-dealkylation sites (tertiary alicyclic amines) is 1. The Balaban J connectivity index is 1.97. The van der Waals surface area contributed by atoms with Crippen molar-refractivity contribution in [2.45, 2.75) is 19.1 Å². The first-order chi connectivity index (χ1) is 6.74. The molecule has 76 valence electrons. The molecular weight excluding hydrogens is 178 g/mol. The summed E-state index contributed by atoms with van der Waals surface area (Å²) in [4.78, 5) is 6.40. The van der Waals surface area contributed by atoms with Crippen molar-refractivity contribution < 1.29 is 5.11 Å². The van der Waals surface area contributed by atoms with Crippen molar-refractivity contribution in [3.05, 3.63) is 23.9 Å². The summed E-state index contributed by atoms with van der Waals surface area (Å²) in [7, 11) is 0. The van der Waals surface area contributed by atoms with Crippen LogP contribution in [0.1, 0.15) is 12.1 Å². The summed E-state index contributed by atoms with van der Waals surface area (Å²) < 4.78 is 0. The van der Waals surface area contributed by atoms with Crippen LogP contribution in [0.4, 0.5) is 5.82 Å². The van der Waals surface area contributed by atoms with Crippen LogP contribution < -0.4 is 5.73 Å². The third-order valence-electron chi connectivity index (χ3n) is 2.46. The SMILES string of the molecule is Nc1cccc(CN2CC[C@H](O)C2)n1. The second-order valence-corrected chi connectivity index (χ2v) is 3.73. The molecule has 0 saturated carbocycles. The highest BCUT2D eigenvalue weighted by molar-refractivity contribution is 5.28. The van der Waals surface area contributed by atoms with E-state index in [2.05, 4.69) is 9.88 Å². The average Bonchev–Trinajstić information content (AvgIpc) is 2.51. The molecule has 0 aromatic carbocycles. The number of pyridine rings is 1. The molecule has 0 amide bonds. The van der Waals surface area contributed by atoms with Gasteiger partial charge in [-0.2, -0.15) is 0 Å². The normalized spacial score (nSPS) is 22.8. The van der Waals surface area contributed by atoms with Crippen LogP contribution in [0.5, 0.6) is 0 Å². The predicted octanol–water partition coefficient (Wildman–Crippen LogP) is 0.230. The molecule has 2 rings (SSSR count). The lowest BCUT2D eigenvalue weighted by Gasteiger charge is -2.13. The van der Waals surface area contributed by atoms with Gasteiger partial charge in [0.2, 0.25) is 0 Å². The third kappa shape index (κ3) is 2.21. The number of hydrogen-bond donors (Lipinski definition) is 2. The van der Waals surface area contributed by atoms with Crippen LogP contribution in [0.25, 0.3) is 0 Å². The Morgan fingerprint density at radius 3 is 3.07 bits per heavy atom. The fourth-order valence-corrected chi connectivity index (χ4v) is 1.77. The predicted molar refractivity (Wildman–Crippen MR) is 54.6 cm³/mol. The number of nitrogens with two attached hydrogens (primary N) is 1. The van der Waals surface area contributed by atoms with E-state index < -0.39 is 0 Å². The Morgan fingerprint density at radius 2 is 2.43 bits per heavy atom. The molecule has 0 spiro atoms. The summed E-state index contributed by atoms with van der Waals surface area (Å²) >= 11 is 0. The van der Waals surface area contributed by atoms with Gasteiger partial charge in [-0.25, -0.2) is 4.98 Å². The van der Waals surface area contributed by atoms with Gasteiger partial charge in [0.05, 0.1) is 11.8 Å². The largest absolute Gasteiger partial charge is 0.392 e. The zero-order valence-electron chi connectivity index (χ0n) is 8.06. The molecule has 0 unspecified atom stereocenters. The molecule has 4 heteroatoms. The smallest absolute Gasteiger partial charge is 0.123 e. The molecule has 4 nitrogen and oxygen atoms in total. The van der Waals surface area contributed by atoms with Gasteiger partial charge in [-0.3, -0.25) is 4.90 Å². The van der Waals surface area contributed by atoms with E-state index in [9.17, 15) is 5.11 Å². The van der Waals surface area contributed by atoms with E-state index in [-0.39, 0.29) is 6.10 Å². The summed E-state index contributed by atoms with van der Waals surface area (Å²) in [5.74, 6) is 0.558. The maximum atomic E-state index is 9.35. The van der Waals surface area contributed by atoms with Gasteiger partial charge in [0.15, 0.2) is 0 Å². The fourth-order valence-electron chi connectivity index (χ4n) is 1.77. The number of nitrogen functional groups attached to an aromatic ring is 1. The maximum absolute atomic E-state index is 9.35. The first-order valence-corrected chi connectivity index (χ1v) is 4.86. The van der Waals surface area contributed by atoms with E-state index in [4.69, 9.17) is 5.73 Å². The van der Waals surface area contributed by atoms with E-state index in [0.717, 1.165) is 31.7 Å². The van der Waals surface area contributed by atoms with Crippen LogP contribution in [-0.2, 0) is 6.54 Å². The number of hydrogen-bond acceptors (Lipinski definition) is 4. The molecule has 14 heavy (non-hydrogen) atoms. The van der Waals surface area contributed by atoms with Gasteiger partial charge >= 0.3 is 0 Å². The van der Waals surface area contributed by atoms with Crippen molar-refractivity contribution in [2.24, 2.45) is 0 Å². The van der Waals surface area contributed by atoms with Crippen molar-refractivity contribution in [1.82, 2.24) is 9.88 Å². The van der Waals surface area contributed by atoms with Crippen molar-refractivity contribution in [2.75, 3.05) is 18.8 Å². The number of anilines is 1. The Bertz CT molecular complexity index is 316.